The van der Waals surface area contributed by atoms with Gasteiger partial charge in [-0.15, -0.1) is 0 Å². The highest BCUT2D eigenvalue weighted by Gasteiger charge is 2.35. The van der Waals surface area contributed by atoms with Crippen LogP contribution >= 0.6 is 31.9 Å². The predicted octanol–water partition coefficient (Wildman–Crippen LogP) is 4.23. The third-order valence-electron chi connectivity index (χ3n) is 3.85. The Kier molecular flexibility index (Phi) is 5.34. The van der Waals surface area contributed by atoms with Gasteiger partial charge >= 0.3 is 0 Å². The molecule has 0 unspecified atom stereocenters. The predicted molar refractivity (Wildman–Crippen MR) is 102 cm³/mol. The lowest BCUT2D eigenvalue weighted by Gasteiger charge is -2.13. The highest BCUT2D eigenvalue weighted by atomic mass is 79.9. The van der Waals surface area contributed by atoms with Crippen molar-refractivity contribution in [2.75, 3.05) is 11.9 Å². The number of amides is 3. The number of hydrogen-bond acceptors (Lipinski definition) is 3. The Hall–Kier alpha value is -1.99. The van der Waals surface area contributed by atoms with Crippen LogP contribution in [0.1, 0.15) is 33.6 Å². The van der Waals surface area contributed by atoms with E-state index in [1.807, 2.05) is 12.1 Å². The number of fused-ring (bicyclic) bond motifs is 1. The van der Waals surface area contributed by atoms with Crippen LogP contribution in [0.4, 0.5) is 5.69 Å². The molecule has 0 spiro atoms. The molecule has 2 aromatic carbocycles. The fourth-order valence-corrected chi connectivity index (χ4v) is 3.25. The van der Waals surface area contributed by atoms with Crippen LogP contribution in [0, 0.1) is 0 Å². The largest absolute Gasteiger partial charge is 0.326 e. The number of carbonyl (C=O) groups excluding carboxylic acids is 3. The second-order valence-electron chi connectivity index (χ2n) is 5.61. The standard InChI is InChI=1S/C18H14Br2N2O3/c19-11-3-6-13(7-4-11)21-16(23)2-1-9-22-17(24)14-8-5-12(20)10-15(14)18(22)25/h3-8,10H,1-2,9H2,(H,21,23). The van der Waals surface area contributed by atoms with Gasteiger partial charge in [0.05, 0.1) is 11.1 Å². The number of carbonyl (C=O) groups is 3. The second-order valence-corrected chi connectivity index (χ2v) is 7.44. The topological polar surface area (TPSA) is 66.5 Å². The van der Waals surface area contributed by atoms with Crippen molar-refractivity contribution in [2.45, 2.75) is 12.8 Å². The average Bonchev–Trinajstić information content (AvgIpc) is 2.81. The first-order chi connectivity index (χ1) is 12.0. The zero-order valence-corrected chi connectivity index (χ0v) is 16.3. The van der Waals surface area contributed by atoms with E-state index in [4.69, 9.17) is 0 Å². The summed E-state index contributed by atoms with van der Waals surface area (Å²) in [6.45, 7) is 0.220. The molecule has 3 amide bonds. The van der Waals surface area contributed by atoms with Crippen LogP contribution in [-0.2, 0) is 4.79 Å². The molecule has 2 aromatic rings. The Morgan fingerprint density at radius 1 is 0.920 bits per heavy atom. The zero-order valence-electron chi connectivity index (χ0n) is 13.1. The summed E-state index contributed by atoms with van der Waals surface area (Å²) >= 11 is 6.64. The number of nitrogens with one attached hydrogen (secondary N) is 1. The summed E-state index contributed by atoms with van der Waals surface area (Å²) in [4.78, 5) is 37.8. The number of hydrogen-bond donors (Lipinski definition) is 1. The Balaban J connectivity index is 1.54. The van der Waals surface area contributed by atoms with Crippen molar-refractivity contribution in [3.05, 3.63) is 62.5 Å². The molecule has 5 nitrogen and oxygen atoms in total. The van der Waals surface area contributed by atoms with Gasteiger partial charge in [-0.1, -0.05) is 31.9 Å². The van der Waals surface area contributed by atoms with Crippen molar-refractivity contribution < 1.29 is 14.4 Å². The van der Waals surface area contributed by atoms with Crippen LogP contribution < -0.4 is 5.32 Å². The highest BCUT2D eigenvalue weighted by Crippen LogP contribution is 2.26. The van der Waals surface area contributed by atoms with Gasteiger partial charge in [0.15, 0.2) is 0 Å². The molecule has 1 aliphatic heterocycles. The van der Waals surface area contributed by atoms with E-state index in [9.17, 15) is 14.4 Å². The maximum Gasteiger partial charge on any atom is 0.261 e. The molecule has 1 aliphatic rings. The number of rotatable bonds is 5. The molecule has 25 heavy (non-hydrogen) atoms. The van der Waals surface area contributed by atoms with Gasteiger partial charge in [-0.3, -0.25) is 19.3 Å². The quantitative estimate of drug-likeness (QED) is 0.672. The third kappa shape index (κ3) is 3.99. The molecule has 0 saturated carbocycles. The first-order valence-corrected chi connectivity index (χ1v) is 9.25. The Labute approximate surface area is 161 Å². The SMILES string of the molecule is O=C(CCCN1C(=O)c2ccc(Br)cc2C1=O)Nc1ccc(Br)cc1. The maximum atomic E-state index is 12.3. The maximum absolute atomic E-state index is 12.3. The molecule has 0 saturated heterocycles. The van der Waals surface area contributed by atoms with Gasteiger partial charge in [-0.05, 0) is 48.9 Å². The monoisotopic (exact) mass is 464 g/mol. The minimum Gasteiger partial charge on any atom is -0.326 e. The summed E-state index contributed by atoms with van der Waals surface area (Å²) < 4.78 is 1.69. The lowest BCUT2D eigenvalue weighted by atomic mass is 10.1. The average molecular weight is 466 g/mol. The molecule has 1 N–H and O–H groups in total. The molecule has 0 radical (unpaired) electrons. The summed E-state index contributed by atoms with van der Waals surface area (Å²) in [5, 5.41) is 2.79. The van der Waals surface area contributed by atoms with Crippen LogP contribution in [0.5, 0.6) is 0 Å². The van der Waals surface area contributed by atoms with Gasteiger partial charge in [0, 0.05) is 27.6 Å². The summed E-state index contributed by atoms with van der Waals surface area (Å²) in [6.07, 6.45) is 0.641. The number of nitrogens with zero attached hydrogens (tertiary/aromatic N) is 1. The van der Waals surface area contributed by atoms with E-state index in [2.05, 4.69) is 37.2 Å². The van der Waals surface area contributed by atoms with Gasteiger partial charge in [-0.2, -0.15) is 0 Å². The third-order valence-corrected chi connectivity index (χ3v) is 4.87. The molecule has 0 atom stereocenters. The molecule has 0 fully saturated rings. The van der Waals surface area contributed by atoms with Crippen LogP contribution in [-0.4, -0.2) is 29.2 Å². The van der Waals surface area contributed by atoms with E-state index in [-0.39, 0.29) is 30.7 Å². The molecule has 128 valence electrons. The Morgan fingerprint density at radius 3 is 2.28 bits per heavy atom. The van der Waals surface area contributed by atoms with E-state index < -0.39 is 0 Å². The molecule has 7 heteroatoms. The first kappa shape index (κ1) is 17.8. The molecular formula is C18H14Br2N2O3. The van der Waals surface area contributed by atoms with Crippen LogP contribution in [0.25, 0.3) is 0 Å². The van der Waals surface area contributed by atoms with Crippen LogP contribution in [0.2, 0.25) is 0 Å². The first-order valence-electron chi connectivity index (χ1n) is 7.67. The minimum atomic E-state index is -0.311. The molecule has 0 aliphatic carbocycles. The van der Waals surface area contributed by atoms with E-state index in [1.165, 1.54) is 4.90 Å². The van der Waals surface area contributed by atoms with Gasteiger partial charge < -0.3 is 5.32 Å². The summed E-state index contributed by atoms with van der Waals surface area (Å²) in [5.41, 5.74) is 1.52. The van der Waals surface area contributed by atoms with Gasteiger partial charge in [0.2, 0.25) is 5.91 Å². The van der Waals surface area contributed by atoms with Gasteiger partial charge in [-0.25, -0.2) is 0 Å². The molecule has 0 aromatic heterocycles. The summed E-state index contributed by atoms with van der Waals surface area (Å²) in [6, 6.07) is 12.3. The van der Waals surface area contributed by atoms with Crippen LogP contribution in [0.15, 0.2) is 51.4 Å². The Morgan fingerprint density at radius 2 is 1.56 bits per heavy atom. The summed E-state index contributed by atoms with van der Waals surface area (Å²) in [5.74, 6) is -0.767. The molecule has 0 bridgehead atoms. The summed E-state index contributed by atoms with van der Waals surface area (Å²) in [7, 11) is 0. The van der Waals surface area contributed by atoms with Crippen molar-refractivity contribution in [3.63, 3.8) is 0 Å². The van der Waals surface area contributed by atoms with Crippen molar-refractivity contribution >= 4 is 55.3 Å². The van der Waals surface area contributed by atoms with E-state index in [0.29, 0.717) is 23.2 Å². The lowest BCUT2D eigenvalue weighted by Crippen LogP contribution is -2.31. The molecular weight excluding hydrogens is 452 g/mol. The normalized spacial score (nSPS) is 13.1. The minimum absolute atomic E-state index is 0.151. The van der Waals surface area contributed by atoms with Crippen LogP contribution in [0.3, 0.4) is 0 Å². The smallest absolute Gasteiger partial charge is 0.261 e. The lowest BCUT2D eigenvalue weighted by molar-refractivity contribution is -0.116. The molecule has 1 heterocycles. The second kappa shape index (κ2) is 7.49. The Bertz CT molecular complexity index is 850. The number of halogens is 2. The molecule has 3 rings (SSSR count). The van der Waals surface area contributed by atoms with Crippen molar-refractivity contribution in [2.24, 2.45) is 0 Å². The highest BCUT2D eigenvalue weighted by molar-refractivity contribution is 9.10. The number of benzene rings is 2. The number of anilines is 1. The van der Waals surface area contributed by atoms with Gasteiger partial charge in [0.25, 0.3) is 11.8 Å². The zero-order chi connectivity index (χ0) is 18.0. The van der Waals surface area contributed by atoms with Crippen molar-refractivity contribution in [1.82, 2.24) is 4.90 Å². The van der Waals surface area contributed by atoms with Gasteiger partial charge in [0.1, 0.15) is 0 Å². The van der Waals surface area contributed by atoms with E-state index in [1.54, 1.807) is 30.3 Å². The fourth-order valence-electron chi connectivity index (χ4n) is 2.62. The number of imide groups is 1. The van der Waals surface area contributed by atoms with Crippen molar-refractivity contribution in [1.29, 1.82) is 0 Å². The van der Waals surface area contributed by atoms with E-state index in [0.717, 1.165) is 8.95 Å². The van der Waals surface area contributed by atoms with Crippen molar-refractivity contribution in [3.8, 4) is 0 Å². The van der Waals surface area contributed by atoms with E-state index >= 15 is 0 Å². The fraction of sp³-hybridized carbons (Fsp3) is 0.167.